The number of nitrogens with one attached hydrogen (secondary N) is 1. The van der Waals surface area contributed by atoms with Crippen LogP contribution in [0.4, 0.5) is 0 Å². The summed E-state index contributed by atoms with van der Waals surface area (Å²) in [4.78, 5) is 9.93. The topological polar surface area (TPSA) is 56.8 Å². The van der Waals surface area contributed by atoms with Crippen LogP contribution >= 0.6 is 0 Å². The molecule has 17 heavy (non-hydrogen) atoms. The molecule has 0 bridgehead atoms. The first kappa shape index (κ1) is 18.9. The molecule has 0 rings (SSSR count). The van der Waals surface area contributed by atoms with E-state index in [0.29, 0.717) is 46.1 Å². The van der Waals surface area contributed by atoms with Crippen molar-refractivity contribution in [2.75, 3.05) is 53.2 Å². The molecule has 0 saturated carbocycles. The summed E-state index contributed by atoms with van der Waals surface area (Å²) in [6.45, 7) is 8.31. The summed E-state index contributed by atoms with van der Waals surface area (Å²) in [5.74, 6) is 0. The maximum atomic E-state index is 9.93. The largest absolute Gasteiger partial charge is 0.379 e. The molecule has 0 fully saturated rings. The third-order valence-electron chi connectivity index (χ3n) is 1.62. The van der Waals surface area contributed by atoms with Gasteiger partial charge in [0.15, 0.2) is 0 Å². The number of carbonyl (C=O) groups is 1. The Bertz CT molecular complexity index is 134. The number of aldehydes is 1. The van der Waals surface area contributed by atoms with Gasteiger partial charge in [0.2, 0.25) is 0 Å². The Hall–Kier alpha value is -0.490. The van der Waals surface area contributed by atoms with Crippen LogP contribution < -0.4 is 5.32 Å². The van der Waals surface area contributed by atoms with E-state index in [1.807, 2.05) is 20.9 Å². The maximum Gasteiger partial charge on any atom is 0.122 e. The Morgan fingerprint density at radius 1 is 0.882 bits per heavy atom. The fourth-order valence-electron chi connectivity index (χ4n) is 0.848. The van der Waals surface area contributed by atoms with Crippen LogP contribution in [0, 0.1) is 0 Å². The molecule has 0 aliphatic rings. The standard InChI is InChI=1S/C10H21NO4.C2H6/c1-11-3-6-14-8-10-15-9-7-13-5-2-4-12;1-2/h4,11H,2-3,5-10H2,1H3;1-2H3. The molecule has 1 N–H and O–H groups in total. The predicted octanol–water partition coefficient (Wildman–Crippen LogP) is 0.871. The van der Waals surface area contributed by atoms with Gasteiger partial charge in [-0.05, 0) is 7.05 Å². The van der Waals surface area contributed by atoms with Gasteiger partial charge in [-0.2, -0.15) is 0 Å². The van der Waals surface area contributed by atoms with Crippen molar-refractivity contribution in [1.82, 2.24) is 5.32 Å². The van der Waals surface area contributed by atoms with Crippen molar-refractivity contribution in [2.45, 2.75) is 20.3 Å². The Morgan fingerprint density at radius 2 is 1.35 bits per heavy atom. The third kappa shape index (κ3) is 21.4. The zero-order chi connectivity index (χ0) is 13.2. The summed E-state index contributed by atoms with van der Waals surface area (Å²) in [6, 6.07) is 0. The lowest BCUT2D eigenvalue weighted by atomic mass is 10.5. The number of rotatable bonds is 12. The van der Waals surface area contributed by atoms with Gasteiger partial charge in [-0.25, -0.2) is 0 Å². The molecule has 0 saturated heterocycles. The van der Waals surface area contributed by atoms with Gasteiger partial charge in [0.25, 0.3) is 0 Å². The van der Waals surface area contributed by atoms with Gasteiger partial charge in [0, 0.05) is 13.0 Å². The van der Waals surface area contributed by atoms with E-state index in [1.54, 1.807) is 0 Å². The second-order valence-corrected chi connectivity index (χ2v) is 2.90. The molecule has 5 nitrogen and oxygen atoms in total. The van der Waals surface area contributed by atoms with Crippen molar-refractivity contribution in [1.29, 1.82) is 0 Å². The molecule has 0 aromatic rings. The van der Waals surface area contributed by atoms with E-state index in [-0.39, 0.29) is 0 Å². The highest BCUT2D eigenvalue weighted by atomic mass is 16.5. The van der Waals surface area contributed by atoms with Crippen molar-refractivity contribution in [3.05, 3.63) is 0 Å². The van der Waals surface area contributed by atoms with Gasteiger partial charge in [0.1, 0.15) is 6.29 Å². The first-order valence-electron chi connectivity index (χ1n) is 6.23. The van der Waals surface area contributed by atoms with E-state index in [9.17, 15) is 4.79 Å². The molecule has 0 aliphatic heterocycles. The molecular formula is C12H27NO4. The van der Waals surface area contributed by atoms with Crippen LogP contribution in [0.15, 0.2) is 0 Å². The highest BCUT2D eigenvalue weighted by molar-refractivity contribution is 5.49. The average molecular weight is 249 g/mol. The highest BCUT2D eigenvalue weighted by Gasteiger charge is 1.90. The van der Waals surface area contributed by atoms with Crippen molar-refractivity contribution >= 4 is 6.29 Å². The van der Waals surface area contributed by atoms with Gasteiger partial charge in [0.05, 0.1) is 39.6 Å². The van der Waals surface area contributed by atoms with Crippen molar-refractivity contribution in [2.24, 2.45) is 0 Å². The Morgan fingerprint density at radius 3 is 1.82 bits per heavy atom. The SMILES string of the molecule is CC.CNCCOCCOCCOCCC=O. The van der Waals surface area contributed by atoms with Gasteiger partial charge in [-0.1, -0.05) is 13.8 Å². The zero-order valence-corrected chi connectivity index (χ0v) is 11.4. The molecule has 5 heteroatoms. The van der Waals surface area contributed by atoms with Crippen LogP contribution in [0.2, 0.25) is 0 Å². The van der Waals surface area contributed by atoms with Crippen LogP contribution in [-0.4, -0.2) is 59.5 Å². The normalized spacial score (nSPS) is 9.59. The Labute approximate surface area is 105 Å². The molecule has 0 unspecified atom stereocenters. The van der Waals surface area contributed by atoms with E-state index in [2.05, 4.69) is 5.32 Å². The summed E-state index contributed by atoms with van der Waals surface area (Å²) in [6.07, 6.45) is 1.30. The number of hydrogen-bond acceptors (Lipinski definition) is 5. The van der Waals surface area contributed by atoms with Crippen LogP contribution in [-0.2, 0) is 19.0 Å². The van der Waals surface area contributed by atoms with E-state index in [1.165, 1.54) is 0 Å². The molecule has 0 aliphatic carbocycles. The average Bonchev–Trinajstić information content (AvgIpc) is 2.38. The number of likely N-dealkylation sites (N-methyl/N-ethyl adjacent to an activating group) is 1. The van der Waals surface area contributed by atoms with E-state index < -0.39 is 0 Å². The first-order chi connectivity index (χ1) is 8.41. The minimum absolute atomic E-state index is 0.452. The van der Waals surface area contributed by atoms with Gasteiger partial charge < -0.3 is 24.3 Å². The predicted molar refractivity (Wildman–Crippen MR) is 68.4 cm³/mol. The molecule has 104 valence electrons. The second-order valence-electron chi connectivity index (χ2n) is 2.90. The minimum atomic E-state index is 0.452. The molecule has 0 aromatic carbocycles. The lowest BCUT2D eigenvalue weighted by molar-refractivity contribution is -0.108. The molecular weight excluding hydrogens is 222 g/mol. The van der Waals surface area contributed by atoms with E-state index in [4.69, 9.17) is 14.2 Å². The number of ether oxygens (including phenoxy) is 3. The van der Waals surface area contributed by atoms with Crippen LogP contribution in [0.25, 0.3) is 0 Å². The lowest BCUT2D eigenvalue weighted by Gasteiger charge is -2.05. The Kier molecular flexibility index (Phi) is 23.2. The highest BCUT2D eigenvalue weighted by Crippen LogP contribution is 1.82. The Balaban J connectivity index is 0. The summed E-state index contributed by atoms with van der Waals surface area (Å²) < 4.78 is 15.6. The monoisotopic (exact) mass is 249 g/mol. The number of hydrogen-bond donors (Lipinski definition) is 1. The zero-order valence-electron chi connectivity index (χ0n) is 11.4. The van der Waals surface area contributed by atoms with Gasteiger partial charge in [-0.15, -0.1) is 0 Å². The van der Waals surface area contributed by atoms with Crippen molar-refractivity contribution in [3.63, 3.8) is 0 Å². The fraction of sp³-hybridized carbons (Fsp3) is 0.917. The second kappa shape index (κ2) is 20.9. The van der Waals surface area contributed by atoms with Gasteiger partial charge >= 0.3 is 0 Å². The summed E-state index contributed by atoms with van der Waals surface area (Å²) in [5, 5.41) is 2.98. The molecule has 0 atom stereocenters. The fourth-order valence-corrected chi connectivity index (χ4v) is 0.848. The maximum absolute atomic E-state index is 9.93. The van der Waals surface area contributed by atoms with Crippen LogP contribution in [0.1, 0.15) is 20.3 Å². The molecule has 0 heterocycles. The van der Waals surface area contributed by atoms with Crippen molar-refractivity contribution in [3.8, 4) is 0 Å². The minimum Gasteiger partial charge on any atom is -0.379 e. The van der Waals surface area contributed by atoms with E-state index >= 15 is 0 Å². The van der Waals surface area contributed by atoms with Crippen LogP contribution in [0.3, 0.4) is 0 Å². The van der Waals surface area contributed by atoms with Crippen molar-refractivity contribution < 1.29 is 19.0 Å². The first-order valence-corrected chi connectivity index (χ1v) is 6.23. The summed E-state index contributed by atoms with van der Waals surface area (Å²) in [7, 11) is 1.89. The van der Waals surface area contributed by atoms with E-state index in [0.717, 1.165) is 12.8 Å². The lowest BCUT2D eigenvalue weighted by Crippen LogP contribution is -2.16. The summed E-state index contributed by atoms with van der Waals surface area (Å²) in [5.41, 5.74) is 0. The number of carbonyl (C=O) groups excluding carboxylic acids is 1. The molecule has 0 aromatic heterocycles. The van der Waals surface area contributed by atoms with Crippen LogP contribution in [0.5, 0.6) is 0 Å². The third-order valence-corrected chi connectivity index (χ3v) is 1.62. The molecule has 0 radical (unpaired) electrons. The molecule has 0 spiro atoms. The quantitative estimate of drug-likeness (QED) is 0.411. The smallest absolute Gasteiger partial charge is 0.122 e. The molecule has 0 amide bonds. The summed E-state index contributed by atoms with van der Waals surface area (Å²) >= 11 is 0. The van der Waals surface area contributed by atoms with Gasteiger partial charge in [-0.3, -0.25) is 0 Å².